The van der Waals surface area contributed by atoms with Gasteiger partial charge < -0.3 is 10.5 Å². The van der Waals surface area contributed by atoms with Gasteiger partial charge in [-0.2, -0.15) is 5.26 Å². The number of hydrogen-bond acceptors (Lipinski definition) is 5. The molecule has 108 valence electrons. The van der Waals surface area contributed by atoms with E-state index in [1.54, 1.807) is 25.2 Å². The van der Waals surface area contributed by atoms with Crippen LogP contribution >= 0.6 is 0 Å². The number of rotatable bonds is 0. The van der Waals surface area contributed by atoms with Crippen LogP contribution in [0.3, 0.4) is 0 Å². The largest absolute Gasteiger partial charge is 0.487 e. The molecular formula is C15H16N4O2. The number of hydrogen-bond donors (Lipinski definition) is 1. The number of aliphatic imine (C=N–C) groups is 1. The first-order chi connectivity index (χ1) is 9.79. The molecule has 1 amide bonds. The topological polar surface area (TPSA) is 91.7 Å². The number of benzene rings is 1. The molecular weight excluding hydrogens is 268 g/mol. The Kier molecular flexibility index (Phi) is 2.55. The molecule has 3 rings (SSSR count). The van der Waals surface area contributed by atoms with E-state index in [9.17, 15) is 4.79 Å². The molecule has 1 spiro atoms. The number of fused-ring (bicyclic) bond motifs is 2. The van der Waals surface area contributed by atoms with Crippen molar-refractivity contribution < 1.29 is 9.53 Å². The van der Waals surface area contributed by atoms with Crippen molar-refractivity contribution in [2.45, 2.75) is 31.4 Å². The van der Waals surface area contributed by atoms with Gasteiger partial charge in [-0.05, 0) is 32.0 Å². The number of carbonyl (C=O) groups is 1. The van der Waals surface area contributed by atoms with Crippen molar-refractivity contribution in [3.63, 3.8) is 0 Å². The highest BCUT2D eigenvalue weighted by molar-refractivity contribution is 6.07. The fraction of sp³-hybridized carbons (Fsp3) is 0.400. The monoisotopic (exact) mass is 284 g/mol. The van der Waals surface area contributed by atoms with Gasteiger partial charge in [-0.3, -0.25) is 9.69 Å². The van der Waals surface area contributed by atoms with Crippen molar-refractivity contribution in [1.82, 2.24) is 4.90 Å². The van der Waals surface area contributed by atoms with Gasteiger partial charge in [0.2, 0.25) is 0 Å². The maximum Gasteiger partial charge on any atom is 0.261 e. The molecule has 0 bridgehead atoms. The average Bonchev–Trinajstić information content (AvgIpc) is 2.62. The number of nitrogens with zero attached hydrogens (tertiary/aromatic N) is 3. The summed E-state index contributed by atoms with van der Waals surface area (Å²) in [4.78, 5) is 18.5. The third kappa shape index (κ3) is 1.77. The van der Waals surface area contributed by atoms with Gasteiger partial charge in [0.05, 0.1) is 11.6 Å². The Morgan fingerprint density at radius 2 is 2.19 bits per heavy atom. The molecule has 0 saturated heterocycles. The second-order valence-corrected chi connectivity index (χ2v) is 6.06. The van der Waals surface area contributed by atoms with E-state index in [0.717, 1.165) is 0 Å². The number of carbonyl (C=O) groups excluding carboxylic acids is 1. The Labute approximate surface area is 122 Å². The quantitative estimate of drug-likeness (QED) is 0.772. The number of nitriles is 1. The summed E-state index contributed by atoms with van der Waals surface area (Å²) in [7, 11) is 1.60. The maximum absolute atomic E-state index is 12.7. The predicted octanol–water partition coefficient (Wildman–Crippen LogP) is 1.10. The minimum absolute atomic E-state index is 0.186. The van der Waals surface area contributed by atoms with Crippen LogP contribution in [0.1, 0.15) is 31.4 Å². The minimum atomic E-state index is -1.09. The molecule has 0 fully saturated rings. The highest BCUT2D eigenvalue weighted by Gasteiger charge is 2.55. The van der Waals surface area contributed by atoms with Gasteiger partial charge >= 0.3 is 0 Å². The van der Waals surface area contributed by atoms with Crippen LogP contribution in [-0.4, -0.2) is 29.4 Å². The summed E-state index contributed by atoms with van der Waals surface area (Å²) >= 11 is 0. The Morgan fingerprint density at radius 1 is 1.48 bits per heavy atom. The van der Waals surface area contributed by atoms with Crippen molar-refractivity contribution in [3.05, 3.63) is 29.3 Å². The zero-order valence-electron chi connectivity index (χ0n) is 12.2. The molecule has 0 saturated carbocycles. The van der Waals surface area contributed by atoms with E-state index in [-0.39, 0.29) is 11.9 Å². The molecule has 1 unspecified atom stereocenters. The fourth-order valence-corrected chi connectivity index (χ4v) is 3.05. The zero-order valence-corrected chi connectivity index (χ0v) is 12.2. The summed E-state index contributed by atoms with van der Waals surface area (Å²) in [6, 6.07) is 7.13. The van der Waals surface area contributed by atoms with Gasteiger partial charge in [-0.25, -0.2) is 4.99 Å². The third-order valence-corrected chi connectivity index (χ3v) is 3.93. The highest BCUT2D eigenvalue weighted by Crippen LogP contribution is 2.48. The first-order valence-electron chi connectivity index (χ1n) is 6.66. The van der Waals surface area contributed by atoms with Crippen LogP contribution in [0.2, 0.25) is 0 Å². The predicted molar refractivity (Wildman–Crippen MR) is 76.6 cm³/mol. The lowest BCUT2D eigenvalue weighted by molar-refractivity contribution is -0.133. The summed E-state index contributed by atoms with van der Waals surface area (Å²) in [6.45, 7) is 3.82. The van der Waals surface area contributed by atoms with E-state index < -0.39 is 11.1 Å². The van der Waals surface area contributed by atoms with E-state index in [1.807, 2.05) is 13.8 Å². The fourth-order valence-electron chi connectivity index (χ4n) is 3.05. The number of guanidine groups is 1. The molecule has 21 heavy (non-hydrogen) atoms. The summed E-state index contributed by atoms with van der Waals surface area (Å²) in [5, 5.41) is 9.10. The molecule has 6 nitrogen and oxygen atoms in total. The van der Waals surface area contributed by atoms with Gasteiger partial charge in [0.1, 0.15) is 11.4 Å². The van der Waals surface area contributed by atoms with Crippen molar-refractivity contribution in [3.8, 4) is 11.8 Å². The van der Waals surface area contributed by atoms with Gasteiger partial charge in [-0.15, -0.1) is 0 Å². The molecule has 1 aromatic carbocycles. The second-order valence-electron chi connectivity index (χ2n) is 6.06. The van der Waals surface area contributed by atoms with Crippen molar-refractivity contribution in [2.75, 3.05) is 7.05 Å². The Morgan fingerprint density at radius 3 is 2.76 bits per heavy atom. The van der Waals surface area contributed by atoms with E-state index in [2.05, 4.69) is 11.1 Å². The average molecular weight is 284 g/mol. The van der Waals surface area contributed by atoms with Crippen molar-refractivity contribution >= 4 is 11.9 Å². The first-order valence-corrected chi connectivity index (χ1v) is 6.66. The van der Waals surface area contributed by atoms with Crippen LogP contribution in [0.25, 0.3) is 0 Å². The van der Waals surface area contributed by atoms with Crippen molar-refractivity contribution in [2.24, 2.45) is 10.7 Å². The molecule has 1 aromatic rings. The van der Waals surface area contributed by atoms with Crippen LogP contribution in [0.5, 0.6) is 5.75 Å². The Bertz CT molecular complexity index is 717. The standard InChI is InChI=1S/C15H16N4O2/c1-14(2)8-15(12(20)19(3)13(17)18-15)10-6-9(7-16)4-5-11(10)21-14/h4-6H,8H2,1-3H3,(H2,17,18). The zero-order chi connectivity index (χ0) is 15.4. The van der Waals surface area contributed by atoms with Crippen LogP contribution in [-0.2, 0) is 10.3 Å². The van der Waals surface area contributed by atoms with Gasteiger partial charge in [0.25, 0.3) is 5.91 Å². The highest BCUT2D eigenvalue weighted by atomic mass is 16.5. The number of amides is 1. The van der Waals surface area contributed by atoms with Crippen LogP contribution in [0, 0.1) is 11.3 Å². The molecule has 1 atom stereocenters. The summed E-state index contributed by atoms with van der Waals surface area (Å²) < 4.78 is 5.93. The minimum Gasteiger partial charge on any atom is -0.487 e. The van der Waals surface area contributed by atoms with E-state index >= 15 is 0 Å². The summed E-state index contributed by atoms with van der Waals surface area (Å²) in [6.07, 6.45) is 0.381. The smallest absolute Gasteiger partial charge is 0.261 e. The molecule has 2 aliphatic rings. The van der Waals surface area contributed by atoms with Crippen LogP contribution < -0.4 is 10.5 Å². The molecule has 0 aliphatic carbocycles. The molecule has 2 heterocycles. The van der Waals surface area contributed by atoms with E-state index in [4.69, 9.17) is 15.7 Å². The SMILES string of the molecule is CN1C(=O)C2(CC(C)(C)Oc3ccc(C#N)cc32)N=C1N. The summed E-state index contributed by atoms with van der Waals surface area (Å²) in [5.74, 6) is 0.573. The van der Waals surface area contributed by atoms with E-state index in [0.29, 0.717) is 23.3 Å². The van der Waals surface area contributed by atoms with Crippen molar-refractivity contribution in [1.29, 1.82) is 5.26 Å². The lowest BCUT2D eigenvalue weighted by Gasteiger charge is -2.41. The maximum atomic E-state index is 12.7. The number of likely N-dealkylation sites (N-methyl/N-ethyl adjacent to an activating group) is 1. The Balaban J connectivity index is 2.28. The first kappa shape index (κ1) is 13.4. The summed E-state index contributed by atoms with van der Waals surface area (Å²) in [5.41, 5.74) is 5.27. The molecule has 0 radical (unpaired) electrons. The van der Waals surface area contributed by atoms with E-state index in [1.165, 1.54) is 4.90 Å². The van der Waals surface area contributed by atoms with Crippen LogP contribution in [0.15, 0.2) is 23.2 Å². The number of ether oxygens (including phenoxy) is 1. The Hall–Kier alpha value is -2.55. The van der Waals surface area contributed by atoms with Gasteiger partial charge in [0, 0.05) is 19.0 Å². The van der Waals surface area contributed by atoms with Gasteiger partial charge in [0.15, 0.2) is 11.5 Å². The molecule has 0 aromatic heterocycles. The third-order valence-electron chi connectivity index (χ3n) is 3.93. The lowest BCUT2D eigenvalue weighted by Crippen LogP contribution is -2.49. The number of nitrogens with two attached hydrogens (primary N) is 1. The second kappa shape index (κ2) is 3.98. The molecule has 2 aliphatic heterocycles. The molecule has 6 heteroatoms. The van der Waals surface area contributed by atoms with Gasteiger partial charge in [-0.1, -0.05) is 0 Å². The normalized spacial score (nSPS) is 26.1. The van der Waals surface area contributed by atoms with Crippen LogP contribution in [0.4, 0.5) is 0 Å². The lowest BCUT2D eigenvalue weighted by atomic mass is 9.77. The molecule has 2 N–H and O–H groups in total.